The maximum absolute atomic E-state index is 12.2. The Morgan fingerprint density at radius 1 is 0.828 bits per heavy atom. The minimum Gasteiger partial charge on any atom is -0.494 e. The fraction of sp³-hybridized carbons (Fsp3) is 0.217. The predicted molar refractivity (Wildman–Crippen MR) is 112 cm³/mol. The van der Waals surface area contributed by atoms with Crippen molar-refractivity contribution in [3.63, 3.8) is 0 Å². The van der Waals surface area contributed by atoms with Gasteiger partial charge in [0.05, 0.1) is 6.61 Å². The zero-order chi connectivity index (χ0) is 20.5. The third kappa shape index (κ3) is 5.97. The van der Waals surface area contributed by atoms with Gasteiger partial charge >= 0.3 is 0 Å². The summed E-state index contributed by atoms with van der Waals surface area (Å²) in [6, 6.07) is 20.3. The van der Waals surface area contributed by atoms with Crippen LogP contribution in [-0.4, -0.2) is 25.0 Å². The van der Waals surface area contributed by atoms with E-state index in [0.29, 0.717) is 23.7 Å². The molecule has 2 N–H and O–H groups in total. The van der Waals surface area contributed by atoms with Crippen LogP contribution in [0.5, 0.6) is 11.5 Å². The molecule has 0 bridgehead atoms. The Morgan fingerprint density at radius 2 is 1.62 bits per heavy atom. The summed E-state index contributed by atoms with van der Waals surface area (Å²) in [5.74, 6) is 0.325. The molecule has 6 heteroatoms. The van der Waals surface area contributed by atoms with Crippen LogP contribution in [0.25, 0.3) is 10.8 Å². The monoisotopic (exact) mass is 392 g/mol. The van der Waals surface area contributed by atoms with E-state index in [9.17, 15) is 9.59 Å². The molecule has 6 nitrogen and oxygen atoms in total. The fourth-order valence-electron chi connectivity index (χ4n) is 2.70. The molecule has 0 heterocycles. The van der Waals surface area contributed by atoms with Gasteiger partial charge in [-0.1, -0.05) is 49.7 Å². The Labute approximate surface area is 169 Å². The number of unbranched alkanes of at least 4 members (excludes halogenated alkanes) is 1. The molecular weight excluding hydrogens is 368 g/mol. The summed E-state index contributed by atoms with van der Waals surface area (Å²) >= 11 is 0. The van der Waals surface area contributed by atoms with Crippen LogP contribution in [0, 0.1) is 0 Å². The number of benzene rings is 3. The van der Waals surface area contributed by atoms with E-state index < -0.39 is 11.8 Å². The second kappa shape index (κ2) is 10.1. The van der Waals surface area contributed by atoms with E-state index in [0.717, 1.165) is 23.6 Å². The summed E-state index contributed by atoms with van der Waals surface area (Å²) in [5.41, 5.74) is 5.14. The third-order valence-electron chi connectivity index (χ3n) is 4.27. The van der Waals surface area contributed by atoms with E-state index in [2.05, 4.69) is 17.8 Å². The number of carbonyl (C=O) groups excluding carboxylic acids is 2. The molecule has 3 rings (SSSR count). The van der Waals surface area contributed by atoms with E-state index >= 15 is 0 Å². The minimum absolute atomic E-state index is 0.210. The standard InChI is InChI=1S/C23H24N2O4/c1-2-3-13-28-20-10-6-9-19(15-20)23(27)25-24-22(26)16-29-21-12-11-17-7-4-5-8-18(17)14-21/h4-12,14-15H,2-3,13,16H2,1H3,(H,24,26)(H,25,27). The Balaban J connectivity index is 1.47. The van der Waals surface area contributed by atoms with Crippen molar-refractivity contribution in [1.29, 1.82) is 0 Å². The van der Waals surface area contributed by atoms with Gasteiger partial charge in [-0.05, 0) is 47.5 Å². The number of hydrogen-bond donors (Lipinski definition) is 2. The van der Waals surface area contributed by atoms with Crippen molar-refractivity contribution in [2.24, 2.45) is 0 Å². The predicted octanol–water partition coefficient (Wildman–Crippen LogP) is 3.86. The van der Waals surface area contributed by atoms with Crippen LogP contribution in [-0.2, 0) is 4.79 Å². The molecule has 0 saturated carbocycles. The molecule has 0 unspecified atom stereocenters. The highest BCUT2D eigenvalue weighted by Gasteiger charge is 2.09. The van der Waals surface area contributed by atoms with Crippen molar-refractivity contribution in [2.45, 2.75) is 19.8 Å². The first-order chi connectivity index (χ1) is 14.2. The summed E-state index contributed by atoms with van der Waals surface area (Å²) < 4.78 is 11.1. The molecular formula is C23H24N2O4. The summed E-state index contributed by atoms with van der Waals surface area (Å²) in [7, 11) is 0. The van der Waals surface area contributed by atoms with Crippen molar-refractivity contribution in [1.82, 2.24) is 10.9 Å². The fourth-order valence-corrected chi connectivity index (χ4v) is 2.70. The first-order valence-corrected chi connectivity index (χ1v) is 9.59. The van der Waals surface area contributed by atoms with Gasteiger partial charge in [0.2, 0.25) is 0 Å². The van der Waals surface area contributed by atoms with Gasteiger partial charge in [0.1, 0.15) is 11.5 Å². The largest absolute Gasteiger partial charge is 0.494 e. The van der Waals surface area contributed by atoms with Crippen molar-refractivity contribution < 1.29 is 19.1 Å². The minimum atomic E-state index is -0.457. The van der Waals surface area contributed by atoms with E-state index in [1.807, 2.05) is 36.4 Å². The van der Waals surface area contributed by atoms with Gasteiger partial charge < -0.3 is 9.47 Å². The average molecular weight is 392 g/mol. The number of nitrogens with one attached hydrogen (secondary N) is 2. The number of amides is 2. The SMILES string of the molecule is CCCCOc1cccc(C(=O)NNC(=O)COc2ccc3ccccc3c2)c1. The molecule has 0 atom stereocenters. The number of hydrazine groups is 1. The molecule has 3 aromatic rings. The molecule has 0 saturated heterocycles. The second-order valence-corrected chi connectivity index (χ2v) is 6.53. The molecule has 0 aliphatic heterocycles. The van der Waals surface area contributed by atoms with Crippen molar-refractivity contribution in [3.05, 3.63) is 72.3 Å². The summed E-state index contributed by atoms with van der Waals surface area (Å²) in [6.07, 6.45) is 1.98. The van der Waals surface area contributed by atoms with E-state index in [1.54, 1.807) is 30.3 Å². The highest BCUT2D eigenvalue weighted by Crippen LogP contribution is 2.20. The Morgan fingerprint density at radius 3 is 2.45 bits per heavy atom. The van der Waals surface area contributed by atoms with Gasteiger partial charge in [-0.2, -0.15) is 0 Å². The van der Waals surface area contributed by atoms with Crippen molar-refractivity contribution in [2.75, 3.05) is 13.2 Å². The van der Waals surface area contributed by atoms with Crippen LogP contribution >= 0.6 is 0 Å². The second-order valence-electron chi connectivity index (χ2n) is 6.53. The summed E-state index contributed by atoms with van der Waals surface area (Å²) in [4.78, 5) is 24.2. The zero-order valence-electron chi connectivity index (χ0n) is 16.3. The molecule has 29 heavy (non-hydrogen) atoms. The first-order valence-electron chi connectivity index (χ1n) is 9.59. The number of hydrogen-bond acceptors (Lipinski definition) is 4. The highest BCUT2D eigenvalue weighted by molar-refractivity contribution is 5.95. The molecule has 150 valence electrons. The van der Waals surface area contributed by atoms with Crippen LogP contribution in [0.1, 0.15) is 30.1 Å². The Kier molecular flexibility index (Phi) is 7.05. The molecule has 0 radical (unpaired) electrons. The first kappa shape index (κ1) is 20.2. The molecule has 0 aliphatic rings. The molecule has 0 fully saturated rings. The lowest BCUT2D eigenvalue weighted by Gasteiger charge is -2.10. The van der Waals surface area contributed by atoms with Crippen LogP contribution in [0.4, 0.5) is 0 Å². The number of ether oxygens (including phenoxy) is 2. The highest BCUT2D eigenvalue weighted by atomic mass is 16.5. The number of fused-ring (bicyclic) bond motifs is 1. The van der Waals surface area contributed by atoms with Gasteiger partial charge in [0, 0.05) is 5.56 Å². The van der Waals surface area contributed by atoms with Gasteiger partial charge in [0.25, 0.3) is 11.8 Å². The quantitative estimate of drug-likeness (QED) is 0.451. The van der Waals surface area contributed by atoms with E-state index in [1.165, 1.54) is 0 Å². The Bertz CT molecular complexity index is 987. The van der Waals surface area contributed by atoms with Gasteiger partial charge in [-0.25, -0.2) is 0 Å². The number of rotatable bonds is 8. The summed E-state index contributed by atoms with van der Waals surface area (Å²) in [6.45, 7) is 2.48. The lowest BCUT2D eigenvalue weighted by molar-refractivity contribution is -0.123. The normalized spacial score (nSPS) is 10.4. The topological polar surface area (TPSA) is 76.7 Å². The zero-order valence-corrected chi connectivity index (χ0v) is 16.3. The third-order valence-corrected chi connectivity index (χ3v) is 4.27. The van der Waals surface area contributed by atoms with Crippen LogP contribution in [0.15, 0.2) is 66.7 Å². The lowest BCUT2D eigenvalue weighted by Crippen LogP contribution is -2.43. The van der Waals surface area contributed by atoms with Crippen LogP contribution in [0.3, 0.4) is 0 Å². The maximum Gasteiger partial charge on any atom is 0.276 e. The lowest BCUT2D eigenvalue weighted by atomic mass is 10.1. The molecule has 3 aromatic carbocycles. The van der Waals surface area contributed by atoms with Gasteiger partial charge in [0.15, 0.2) is 6.61 Å². The van der Waals surface area contributed by atoms with E-state index in [-0.39, 0.29) is 6.61 Å². The average Bonchev–Trinajstić information content (AvgIpc) is 2.76. The van der Waals surface area contributed by atoms with Gasteiger partial charge in [-0.15, -0.1) is 0 Å². The summed E-state index contributed by atoms with van der Waals surface area (Å²) in [5, 5.41) is 2.12. The maximum atomic E-state index is 12.2. The molecule has 0 aromatic heterocycles. The van der Waals surface area contributed by atoms with Crippen molar-refractivity contribution in [3.8, 4) is 11.5 Å². The molecule has 0 spiro atoms. The van der Waals surface area contributed by atoms with Crippen molar-refractivity contribution >= 4 is 22.6 Å². The molecule has 0 aliphatic carbocycles. The van der Waals surface area contributed by atoms with E-state index in [4.69, 9.17) is 9.47 Å². The number of carbonyl (C=O) groups is 2. The molecule has 2 amide bonds. The van der Waals surface area contributed by atoms with Crippen LogP contribution < -0.4 is 20.3 Å². The smallest absolute Gasteiger partial charge is 0.276 e. The Hall–Kier alpha value is -3.54. The van der Waals surface area contributed by atoms with Gasteiger partial charge in [-0.3, -0.25) is 20.4 Å². The van der Waals surface area contributed by atoms with Crippen LogP contribution in [0.2, 0.25) is 0 Å².